The van der Waals surface area contributed by atoms with Gasteiger partial charge in [0, 0.05) is 31.9 Å². The number of carbonyl (C=O) groups excluding carboxylic acids is 1. The van der Waals surface area contributed by atoms with Gasteiger partial charge in [0.2, 0.25) is 5.69 Å². The first kappa shape index (κ1) is 21.6. The Hall–Kier alpha value is -2.90. The highest BCUT2D eigenvalue weighted by molar-refractivity contribution is 5.96. The first-order valence-corrected chi connectivity index (χ1v) is 12.7. The third kappa shape index (κ3) is 3.49. The number of anilines is 1. The average Bonchev–Trinajstić information content (AvgIpc) is 3.25. The molecule has 0 N–H and O–H groups in total. The van der Waals surface area contributed by atoms with E-state index in [4.69, 9.17) is 0 Å². The molecule has 2 heterocycles. The Balaban J connectivity index is 1.22. The van der Waals surface area contributed by atoms with E-state index in [1.807, 2.05) is 4.68 Å². The molecule has 8 heteroatoms. The number of hydrogen-bond acceptors (Lipinski definition) is 5. The van der Waals surface area contributed by atoms with Crippen molar-refractivity contribution in [3.8, 4) is 0 Å². The molecule has 0 unspecified atom stereocenters. The SMILES string of the molecule is Cc1ccc(N2CCN(C(=O)c3nn(C45CC6CC(CC(C6)C4)C5)cc3[N+](=O)[O-])CC2)c(C)c1. The first-order chi connectivity index (χ1) is 16.3. The van der Waals surface area contributed by atoms with Crippen LogP contribution in [0.1, 0.15) is 60.1 Å². The minimum atomic E-state index is -0.427. The summed E-state index contributed by atoms with van der Waals surface area (Å²) in [7, 11) is 0. The van der Waals surface area contributed by atoms with Crippen LogP contribution in [-0.2, 0) is 5.54 Å². The fourth-order valence-corrected chi connectivity index (χ4v) is 7.70. The van der Waals surface area contributed by atoms with Crippen LogP contribution in [0.4, 0.5) is 11.4 Å². The summed E-state index contributed by atoms with van der Waals surface area (Å²) in [5, 5.41) is 16.6. The second kappa shape index (κ2) is 7.82. The maximum absolute atomic E-state index is 13.4. The highest BCUT2D eigenvalue weighted by Gasteiger charge is 2.53. The highest BCUT2D eigenvalue weighted by atomic mass is 16.6. The number of aryl methyl sites for hydroxylation is 2. The number of aromatic nitrogens is 2. The largest absolute Gasteiger partial charge is 0.368 e. The molecule has 2 aromatic rings. The Morgan fingerprint density at radius 1 is 1.03 bits per heavy atom. The van der Waals surface area contributed by atoms with Crippen LogP contribution in [0.2, 0.25) is 0 Å². The van der Waals surface area contributed by atoms with E-state index in [2.05, 4.69) is 42.0 Å². The minimum absolute atomic E-state index is 0.0145. The molecule has 1 aromatic carbocycles. The van der Waals surface area contributed by atoms with Gasteiger partial charge in [0.15, 0.2) is 0 Å². The normalized spacial score (nSPS) is 30.1. The van der Waals surface area contributed by atoms with Gasteiger partial charge in [0.25, 0.3) is 5.91 Å². The molecule has 1 amide bonds. The summed E-state index contributed by atoms with van der Waals surface area (Å²) < 4.78 is 1.84. The second-order valence-corrected chi connectivity index (χ2v) is 11.3. The molecular weight excluding hydrogens is 430 g/mol. The van der Waals surface area contributed by atoms with Gasteiger partial charge in [-0.25, -0.2) is 0 Å². The fraction of sp³-hybridized carbons (Fsp3) is 0.615. The molecule has 7 rings (SSSR count). The lowest BCUT2D eigenvalue weighted by atomic mass is 9.53. The molecular formula is C26H33N5O3. The molecule has 4 saturated carbocycles. The van der Waals surface area contributed by atoms with Gasteiger partial charge in [-0.2, -0.15) is 5.10 Å². The van der Waals surface area contributed by atoms with Crippen LogP contribution in [0.5, 0.6) is 0 Å². The first-order valence-electron chi connectivity index (χ1n) is 12.7. The van der Waals surface area contributed by atoms with E-state index in [0.717, 1.165) is 19.3 Å². The predicted molar refractivity (Wildman–Crippen MR) is 129 cm³/mol. The summed E-state index contributed by atoms with van der Waals surface area (Å²) in [6.45, 7) is 6.68. The van der Waals surface area contributed by atoms with E-state index < -0.39 is 4.92 Å². The number of nitro groups is 1. The average molecular weight is 464 g/mol. The Morgan fingerprint density at radius 3 is 2.21 bits per heavy atom. The lowest BCUT2D eigenvalue weighted by Crippen LogP contribution is -2.52. The second-order valence-electron chi connectivity index (χ2n) is 11.3. The van der Waals surface area contributed by atoms with Gasteiger partial charge >= 0.3 is 5.69 Å². The smallest absolute Gasteiger partial charge is 0.320 e. The standard InChI is InChI=1S/C26H33N5O3/c1-17-3-4-22(18(2)9-17)28-5-7-29(8-6-28)25(32)24-23(31(33)34)16-30(27-24)26-13-19-10-20(14-26)12-21(11-19)15-26/h3-4,9,16,19-21H,5-8,10-15H2,1-2H3. The van der Waals surface area contributed by atoms with Crippen molar-refractivity contribution in [3.63, 3.8) is 0 Å². The number of carbonyl (C=O) groups is 1. The number of benzene rings is 1. The number of hydrogen-bond donors (Lipinski definition) is 0. The van der Waals surface area contributed by atoms with E-state index in [1.165, 1.54) is 36.1 Å². The summed E-state index contributed by atoms with van der Waals surface area (Å²) >= 11 is 0. The lowest BCUT2D eigenvalue weighted by molar-refractivity contribution is -0.385. The monoisotopic (exact) mass is 463 g/mol. The number of rotatable bonds is 4. The van der Waals surface area contributed by atoms with Gasteiger partial charge in [0.1, 0.15) is 6.20 Å². The Bertz CT molecular complexity index is 1110. The predicted octanol–water partition coefficient (Wildman–Crippen LogP) is 4.30. The molecule has 5 fully saturated rings. The van der Waals surface area contributed by atoms with Gasteiger partial charge in [-0.05, 0) is 81.8 Å². The molecule has 180 valence electrons. The van der Waals surface area contributed by atoms with Crippen molar-refractivity contribution in [1.29, 1.82) is 0 Å². The fourth-order valence-electron chi connectivity index (χ4n) is 7.70. The van der Waals surface area contributed by atoms with Crippen LogP contribution in [0.15, 0.2) is 24.4 Å². The maximum atomic E-state index is 13.4. The van der Waals surface area contributed by atoms with Gasteiger partial charge in [-0.1, -0.05) is 17.7 Å². The molecule has 1 saturated heterocycles. The molecule has 5 aliphatic rings. The molecule has 4 bridgehead atoms. The van der Waals surface area contributed by atoms with Crippen molar-refractivity contribution in [3.05, 3.63) is 51.3 Å². The van der Waals surface area contributed by atoms with Crippen molar-refractivity contribution < 1.29 is 9.72 Å². The molecule has 1 aliphatic heterocycles. The van der Waals surface area contributed by atoms with E-state index in [9.17, 15) is 14.9 Å². The molecule has 8 nitrogen and oxygen atoms in total. The van der Waals surface area contributed by atoms with Gasteiger partial charge in [0.05, 0.1) is 10.5 Å². The van der Waals surface area contributed by atoms with Crippen LogP contribution >= 0.6 is 0 Å². The molecule has 0 atom stereocenters. The van der Waals surface area contributed by atoms with E-state index in [-0.39, 0.29) is 22.8 Å². The van der Waals surface area contributed by atoms with Crippen LogP contribution in [-0.4, -0.2) is 51.7 Å². The van der Waals surface area contributed by atoms with Crippen molar-refractivity contribution in [2.75, 3.05) is 31.1 Å². The van der Waals surface area contributed by atoms with Gasteiger partial charge < -0.3 is 9.80 Å². The zero-order valence-electron chi connectivity index (χ0n) is 20.1. The van der Waals surface area contributed by atoms with E-state index >= 15 is 0 Å². The van der Waals surface area contributed by atoms with Crippen molar-refractivity contribution >= 4 is 17.3 Å². The third-order valence-electron chi connectivity index (χ3n) is 8.85. The molecule has 0 spiro atoms. The Morgan fingerprint density at radius 2 is 1.65 bits per heavy atom. The summed E-state index contributed by atoms with van der Waals surface area (Å²) in [4.78, 5) is 29.0. The topological polar surface area (TPSA) is 84.5 Å². The van der Waals surface area contributed by atoms with Crippen molar-refractivity contribution in [2.45, 2.75) is 57.9 Å². The van der Waals surface area contributed by atoms with Crippen molar-refractivity contribution in [1.82, 2.24) is 14.7 Å². The van der Waals surface area contributed by atoms with E-state index in [1.54, 1.807) is 11.1 Å². The van der Waals surface area contributed by atoms with Crippen molar-refractivity contribution in [2.24, 2.45) is 17.8 Å². The Kier molecular flexibility index (Phi) is 4.97. The number of amides is 1. The van der Waals surface area contributed by atoms with Gasteiger partial charge in [-0.15, -0.1) is 0 Å². The summed E-state index contributed by atoms with van der Waals surface area (Å²) in [5.41, 5.74) is 3.38. The van der Waals surface area contributed by atoms with Crippen LogP contribution in [0.3, 0.4) is 0 Å². The lowest BCUT2D eigenvalue weighted by Gasteiger charge is -2.56. The third-order valence-corrected chi connectivity index (χ3v) is 8.85. The van der Waals surface area contributed by atoms with Crippen LogP contribution in [0.25, 0.3) is 0 Å². The maximum Gasteiger partial charge on any atom is 0.320 e. The minimum Gasteiger partial charge on any atom is -0.368 e. The number of piperazine rings is 1. The summed E-state index contributed by atoms with van der Waals surface area (Å²) in [5.74, 6) is 1.79. The van der Waals surface area contributed by atoms with Crippen LogP contribution < -0.4 is 4.90 Å². The molecule has 34 heavy (non-hydrogen) atoms. The van der Waals surface area contributed by atoms with E-state index in [0.29, 0.717) is 43.9 Å². The summed E-state index contributed by atoms with van der Waals surface area (Å²) in [6.07, 6.45) is 8.56. The van der Waals surface area contributed by atoms with Crippen LogP contribution in [0, 0.1) is 41.7 Å². The number of nitrogens with zero attached hydrogens (tertiary/aromatic N) is 5. The quantitative estimate of drug-likeness (QED) is 0.499. The molecule has 0 radical (unpaired) electrons. The molecule has 1 aromatic heterocycles. The zero-order chi connectivity index (χ0) is 23.6. The molecule has 4 aliphatic carbocycles. The Labute approximate surface area is 200 Å². The zero-order valence-corrected chi connectivity index (χ0v) is 20.1. The summed E-state index contributed by atoms with van der Waals surface area (Å²) in [6, 6.07) is 6.42. The highest BCUT2D eigenvalue weighted by Crippen LogP contribution is 2.58. The van der Waals surface area contributed by atoms with Gasteiger partial charge in [-0.3, -0.25) is 19.6 Å².